The zero-order chi connectivity index (χ0) is 13.2. The van der Waals surface area contributed by atoms with Gasteiger partial charge in [0, 0.05) is 18.2 Å². The maximum absolute atomic E-state index is 11.9. The summed E-state index contributed by atoms with van der Waals surface area (Å²) in [4.78, 5) is 11.9. The smallest absolute Gasteiger partial charge is 0.228 e. The van der Waals surface area contributed by atoms with Gasteiger partial charge in [-0.05, 0) is 36.1 Å². The van der Waals surface area contributed by atoms with E-state index in [-0.39, 0.29) is 17.2 Å². The Morgan fingerprint density at radius 3 is 2.56 bits per heavy atom. The van der Waals surface area contributed by atoms with Crippen molar-refractivity contribution in [1.29, 1.82) is 0 Å². The lowest BCUT2D eigenvalue weighted by Crippen LogP contribution is -2.16. The van der Waals surface area contributed by atoms with Gasteiger partial charge in [-0.3, -0.25) is 4.79 Å². The predicted octanol–water partition coefficient (Wildman–Crippen LogP) is 2.01. The van der Waals surface area contributed by atoms with Gasteiger partial charge in [0.1, 0.15) is 12.4 Å². The molecule has 1 aromatic rings. The third-order valence-electron chi connectivity index (χ3n) is 3.34. The molecule has 0 spiro atoms. The largest absolute Gasteiger partial charge is 0.492 e. The summed E-state index contributed by atoms with van der Waals surface area (Å²) in [5, 5.41) is 2.92. The Labute approximate surface area is 108 Å². The van der Waals surface area contributed by atoms with E-state index in [2.05, 4.69) is 19.2 Å². The number of ether oxygens (including phenoxy) is 1. The van der Waals surface area contributed by atoms with Crippen molar-refractivity contribution < 1.29 is 9.53 Å². The molecule has 3 N–H and O–H groups in total. The standard InChI is InChI=1S/C14H20N2O2/c1-14(2)9-12(14)13(17)16-10-3-5-11(6-4-10)18-8-7-15/h3-6,12H,7-9,15H2,1-2H3,(H,16,17). The number of rotatable bonds is 5. The van der Waals surface area contributed by atoms with E-state index in [9.17, 15) is 4.79 Å². The first-order valence-corrected chi connectivity index (χ1v) is 6.27. The molecule has 0 heterocycles. The zero-order valence-electron chi connectivity index (χ0n) is 10.9. The first-order valence-electron chi connectivity index (χ1n) is 6.27. The number of hydrogen-bond donors (Lipinski definition) is 2. The molecular weight excluding hydrogens is 228 g/mol. The lowest BCUT2D eigenvalue weighted by molar-refractivity contribution is -0.118. The van der Waals surface area contributed by atoms with Crippen LogP contribution in [0.2, 0.25) is 0 Å². The third-order valence-corrected chi connectivity index (χ3v) is 3.34. The average molecular weight is 248 g/mol. The van der Waals surface area contributed by atoms with Crippen LogP contribution >= 0.6 is 0 Å². The van der Waals surface area contributed by atoms with Crippen LogP contribution in [0.4, 0.5) is 5.69 Å². The molecule has 4 nitrogen and oxygen atoms in total. The lowest BCUT2D eigenvalue weighted by atomic mass is 10.1. The Morgan fingerprint density at radius 1 is 1.44 bits per heavy atom. The molecule has 1 aliphatic rings. The minimum absolute atomic E-state index is 0.107. The Hall–Kier alpha value is -1.55. The number of carbonyl (C=O) groups is 1. The van der Waals surface area contributed by atoms with Crippen LogP contribution in [0.1, 0.15) is 20.3 Å². The van der Waals surface area contributed by atoms with Gasteiger partial charge in [0.15, 0.2) is 0 Å². The van der Waals surface area contributed by atoms with Gasteiger partial charge in [-0.25, -0.2) is 0 Å². The molecule has 18 heavy (non-hydrogen) atoms. The van der Waals surface area contributed by atoms with Crippen molar-refractivity contribution in [3.63, 3.8) is 0 Å². The van der Waals surface area contributed by atoms with Crippen molar-refractivity contribution in [2.24, 2.45) is 17.1 Å². The first-order chi connectivity index (χ1) is 8.53. The van der Waals surface area contributed by atoms with Crippen LogP contribution in [-0.2, 0) is 4.79 Å². The maximum Gasteiger partial charge on any atom is 0.228 e. The molecule has 2 rings (SSSR count). The van der Waals surface area contributed by atoms with E-state index in [1.54, 1.807) is 0 Å². The lowest BCUT2D eigenvalue weighted by Gasteiger charge is -2.08. The second-order valence-electron chi connectivity index (χ2n) is 5.40. The van der Waals surface area contributed by atoms with Gasteiger partial charge in [-0.2, -0.15) is 0 Å². The minimum atomic E-state index is 0.107. The van der Waals surface area contributed by atoms with Crippen molar-refractivity contribution in [2.45, 2.75) is 20.3 Å². The number of nitrogens with one attached hydrogen (secondary N) is 1. The summed E-state index contributed by atoms with van der Waals surface area (Å²) >= 11 is 0. The summed E-state index contributed by atoms with van der Waals surface area (Å²) in [5.41, 5.74) is 6.32. The van der Waals surface area contributed by atoms with Gasteiger partial charge >= 0.3 is 0 Å². The van der Waals surface area contributed by atoms with Crippen molar-refractivity contribution in [1.82, 2.24) is 0 Å². The fraction of sp³-hybridized carbons (Fsp3) is 0.500. The van der Waals surface area contributed by atoms with Crippen LogP contribution in [0.5, 0.6) is 5.75 Å². The average Bonchev–Trinajstić information content (AvgIpc) is 2.98. The van der Waals surface area contributed by atoms with E-state index < -0.39 is 0 Å². The van der Waals surface area contributed by atoms with Crippen molar-refractivity contribution in [3.05, 3.63) is 24.3 Å². The molecule has 1 fully saturated rings. The first kappa shape index (κ1) is 12.9. The minimum Gasteiger partial charge on any atom is -0.492 e. The number of carbonyl (C=O) groups excluding carboxylic acids is 1. The van der Waals surface area contributed by atoms with E-state index in [0.29, 0.717) is 13.2 Å². The molecule has 98 valence electrons. The van der Waals surface area contributed by atoms with Gasteiger partial charge in [0.2, 0.25) is 5.91 Å². The van der Waals surface area contributed by atoms with Gasteiger partial charge < -0.3 is 15.8 Å². The molecule has 0 aliphatic heterocycles. The van der Waals surface area contributed by atoms with E-state index in [1.165, 1.54) is 0 Å². The predicted molar refractivity (Wildman–Crippen MR) is 71.5 cm³/mol. The number of amides is 1. The van der Waals surface area contributed by atoms with Crippen molar-refractivity contribution in [3.8, 4) is 5.75 Å². The Balaban J connectivity index is 1.88. The second kappa shape index (κ2) is 4.98. The highest BCUT2D eigenvalue weighted by molar-refractivity contribution is 5.94. The van der Waals surface area contributed by atoms with Crippen molar-refractivity contribution >= 4 is 11.6 Å². The van der Waals surface area contributed by atoms with Gasteiger partial charge in [0.05, 0.1) is 0 Å². The summed E-state index contributed by atoms with van der Waals surface area (Å²) in [6, 6.07) is 7.37. The fourth-order valence-corrected chi connectivity index (χ4v) is 1.96. The third kappa shape index (κ3) is 3.01. The molecule has 0 bridgehead atoms. The highest BCUT2D eigenvalue weighted by Gasteiger charge is 2.50. The molecule has 4 heteroatoms. The van der Waals surface area contributed by atoms with E-state index in [4.69, 9.17) is 10.5 Å². The zero-order valence-corrected chi connectivity index (χ0v) is 10.9. The van der Waals surface area contributed by atoms with E-state index in [0.717, 1.165) is 17.9 Å². The highest BCUT2D eigenvalue weighted by atomic mass is 16.5. The van der Waals surface area contributed by atoms with Crippen LogP contribution < -0.4 is 15.8 Å². The van der Waals surface area contributed by atoms with Gasteiger partial charge in [-0.15, -0.1) is 0 Å². The topological polar surface area (TPSA) is 64.3 Å². The molecule has 0 saturated heterocycles. The summed E-state index contributed by atoms with van der Waals surface area (Å²) in [6.07, 6.45) is 0.969. The van der Waals surface area contributed by atoms with E-state index >= 15 is 0 Å². The number of anilines is 1. The van der Waals surface area contributed by atoms with E-state index in [1.807, 2.05) is 24.3 Å². The van der Waals surface area contributed by atoms with Crippen LogP contribution in [0.3, 0.4) is 0 Å². The quantitative estimate of drug-likeness (QED) is 0.837. The fourth-order valence-electron chi connectivity index (χ4n) is 1.96. The monoisotopic (exact) mass is 248 g/mol. The maximum atomic E-state index is 11.9. The summed E-state index contributed by atoms with van der Waals surface area (Å²) in [6.45, 7) is 5.22. The SMILES string of the molecule is CC1(C)CC1C(=O)Nc1ccc(OCCN)cc1. The summed E-state index contributed by atoms with van der Waals surface area (Å²) < 4.78 is 5.37. The second-order valence-corrected chi connectivity index (χ2v) is 5.40. The molecule has 0 aromatic heterocycles. The van der Waals surface area contributed by atoms with Gasteiger partial charge in [0.25, 0.3) is 0 Å². The molecule has 1 unspecified atom stereocenters. The van der Waals surface area contributed by atoms with Crippen LogP contribution in [0.25, 0.3) is 0 Å². The Bertz CT molecular complexity index is 426. The molecular formula is C14H20N2O2. The molecule has 1 saturated carbocycles. The Kier molecular flexibility index (Phi) is 3.57. The van der Waals surface area contributed by atoms with Crippen molar-refractivity contribution in [2.75, 3.05) is 18.5 Å². The van der Waals surface area contributed by atoms with Crippen LogP contribution in [-0.4, -0.2) is 19.1 Å². The number of hydrogen-bond acceptors (Lipinski definition) is 3. The molecule has 1 aromatic carbocycles. The molecule has 1 amide bonds. The molecule has 1 aliphatic carbocycles. The Morgan fingerprint density at radius 2 is 2.06 bits per heavy atom. The van der Waals surface area contributed by atoms with Crippen LogP contribution in [0.15, 0.2) is 24.3 Å². The summed E-state index contributed by atoms with van der Waals surface area (Å²) in [5.74, 6) is 1.02. The number of nitrogens with two attached hydrogens (primary N) is 1. The highest BCUT2D eigenvalue weighted by Crippen LogP contribution is 2.51. The van der Waals surface area contributed by atoms with Gasteiger partial charge in [-0.1, -0.05) is 13.8 Å². The van der Waals surface area contributed by atoms with Crippen LogP contribution in [0, 0.1) is 11.3 Å². The molecule has 0 radical (unpaired) electrons. The summed E-state index contributed by atoms with van der Waals surface area (Å²) in [7, 11) is 0. The number of benzene rings is 1. The molecule has 1 atom stereocenters. The normalized spacial score (nSPS) is 20.3.